The molecule has 0 radical (unpaired) electrons. The molecule has 3 heterocycles. The Kier molecular flexibility index (Phi) is 3.57. The molecule has 7 nitrogen and oxygen atoms in total. The fourth-order valence-electron chi connectivity index (χ4n) is 1.84. The lowest BCUT2D eigenvalue weighted by molar-refractivity contribution is 0.102. The first-order valence-electron chi connectivity index (χ1n) is 6.38. The summed E-state index contributed by atoms with van der Waals surface area (Å²) in [6.45, 7) is 1.83. The van der Waals surface area contributed by atoms with Gasteiger partial charge in [0.25, 0.3) is 5.91 Å². The van der Waals surface area contributed by atoms with Crippen LogP contribution in [0.3, 0.4) is 0 Å². The molecule has 3 aromatic rings. The van der Waals surface area contributed by atoms with Crippen molar-refractivity contribution in [2.24, 2.45) is 0 Å². The van der Waals surface area contributed by atoms with Crippen molar-refractivity contribution in [1.29, 1.82) is 0 Å². The third-order valence-electron chi connectivity index (χ3n) is 2.90. The first-order chi connectivity index (χ1) is 10.6. The number of aryl methyl sites for hydroxylation is 1. The van der Waals surface area contributed by atoms with Crippen molar-refractivity contribution in [2.75, 3.05) is 5.32 Å². The van der Waals surface area contributed by atoms with E-state index in [4.69, 9.17) is 0 Å². The van der Waals surface area contributed by atoms with Gasteiger partial charge in [0, 0.05) is 18.6 Å². The molecule has 0 bridgehead atoms. The van der Waals surface area contributed by atoms with Crippen LogP contribution in [0.25, 0.3) is 5.95 Å². The highest BCUT2D eigenvalue weighted by Crippen LogP contribution is 2.10. The minimum absolute atomic E-state index is 0.120. The number of imidazole rings is 1. The molecule has 0 aliphatic heterocycles. The molecule has 3 aromatic heterocycles. The summed E-state index contributed by atoms with van der Waals surface area (Å²) >= 11 is 0. The molecule has 0 aliphatic carbocycles. The van der Waals surface area contributed by atoms with Crippen molar-refractivity contribution in [3.05, 3.63) is 60.5 Å². The van der Waals surface area contributed by atoms with Gasteiger partial charge >= 0.3 is 0 Å². The van der Waals surface area contributed by atoms with Crippen LogP contribution in [0.2, 0.25) is 0 Å². The van der Waals surface area contributed by atoms with Gasteiger partial charge < -0.3 is 5.32 Å². The second-order valence-corrected chi connectivity index (χ2v) is 4.46. The summed E-state index contributed by atoms with van der Waals surface area (Å²) in [5, 5.41) is 2.58. The van der Waals surface area contributed by atoms with E-state index in [-0.39, 0.29) is 5.56 Å². The summed E-state index contributed by atoms with van der Waals surface area (Å²) in [4.78, 5) is 28.0. The lowest BCUT2D eigenvalue weighted by Crippen LogP contribution is -2.13. The van der Waals surface area contributed by atoms with Crippen molar-refractivity contribution in [3.63, 3.8) is 0 Å². The van der Waals surface area contributed by atoms with Gasteiger partial charge in [0.2, 0.25) is 5.95 Å². The third-order valence-corrected chi connectivity index (χ3v) is 2.90. The van der Waals surface area contributed by atoms with Gasteiger partial charge in [-0.2, -0.15) is 0 Å². The molecule has 0 unspecified atom stereocenters. The van der Waals surface area contributed by atoms with Crippen LogP contribution in [0.1, 0.15) is 16.2 Å². The standard InChI is InChI=1S/C14H11FN6O/c1-9-17-2-3-21(9)14-18-7-12(8-19-14)20-13(22)10-4-11(15)6-16-5-10/h2-8H,1H3,(H,20,22). The minimum atomic E-state index is -0.574. The molecule has 1 N–H and O–H groups in total. The van der Waals surface area contributed by atoms with Crippen molar-refractivity contribution < 1.29 is 9.18 Å². The topological polar surface area (TPSA) is 85.6 Å². The van der Waals surface area contributed by atoms with Gasteiger partial charge in [0.05, 0.1) is 29.8 Å². The molecule has 0 fully saturated rings. The Balaban J connectivity index is 1.76. The van der Waals surface area contributed by atoms with Gasteiger partial charge in [-0.15, -0.1) is 0 Å². The Hall–Kier alpha value is -3.16. The summed E-state index contributed by atoms with van der Waals surface area (Å²) in [5.74, 6) is 0.139. The van der Waals surface area contributed by atoms with Gasteiger partial charge in [0.1, 0.15) is 11.6 Å². The van der Waals surface area contributed by atoms with Crippen molar-refractivity contribution in [1.82, 2.24) is 24.5 Å². The van der Waals surface area contributed by atoms with Crippen LogP contribution in [-0.4, -0.2) is 30.4 Å². The summed E-state index contributed by atoms with van der Waals surface area (Å²) in [6, 6.07) is 1.10. The second-order valence-electron chi connectivity index (χ2n) is 4.46. The molecule has 0 atom stereocenters. The highest BCUT2D eigenvalue weighted by atomic mass is 19.1. The molecular weight excluding hydrogens is 287 g/mol. The number of rotatable bonds is 3. The van der Waals surface area contributed by atoms with Crippen LogP contribution in [-0.2, 0) is 0 Å². The van der Waals surface area contributed by atoms with Crippen LogP contribution < -0.4 is 5.32 Å². The number of hydrogen-bond acceptors (Lipinski definition) is 5. The van der Waals surface area contributed by atoms with Gasteiger partial charge in [-0.25, -0.2) is 19.3 Å². The molecule has 0 saturated carbocycles. The fraction of sp³-hybridized carbons (Fsp3) is 0.0714. The number of pyridine rings is 1. The molecule has 110 valence electrons. The van der Waals surface area contributed by atoms with Crippen LogP contribution in [0, 0.1) is 12.7 Å². The van der Waals surface area contributed by atoms with E-state index in [1.165, 1.54) is 18.6 Å². The lowest BCUT2D eigenvalue weighted by atomic mass is 10.2. The molecule has 0 saturated heterocycles. The maximum absolute atomic E-state index is 13.0. The molecule has 22 heavy (non-hydrogen) atoms. The number of hydrogen-bond donors (Lipinski definition) is 1. The molecule has 0 aliphatic rings. The highest BCUT2D eigenvalue weighted by Gasteiger charge is 2.09. The number of aromatic nitrogens is 5. The normalized spacial score (nSPS) is 10.5. The second kappa shape index (κ2) is 5.68. The van der Waals surface area contributed by atoms with E-state index in [1.807, 2.05) is 6.92 Å². The zero-order valence-electron chi connectivity index (χ0n) is 11.6. The number of nitrogens with one attached hydrogen (secondary N) is 1. The molecule has 3 rings (SSSR count). The van der Waals surface area contributed by atoms with Crippen LogP contribution >= 0.6 is 0 Å². The first kappa shape index (κ1) is 13.8. The maximum Gasteiger partial charge on any atom is 0.257 e. The minimum Gasteiger partial charge on any atom is -0.319 e. The number of anilines is 1. The smallest absolute Gasteiger partial charge is 0.257 e. The number of carbonyl (C=O) groups excluding carboxylic acids is 1. The predicted molar refractivity (Wildman–Crippen MR) is 76.0 cm³/mol. The van der Waals surface area contributed by atoms with Crippen molar-refractivity contribution >= 4 is 11.6 Å². The summed E-state index contributed by atoms with van der Waals surface area (Å²) < 4.78 is 14.7. The average Bonchev–Trinajstić information content (AvgIpc) is 2.94. The van der Waals surface area contributed by atoms with Crippen molar-refractivity contribution in [3.8, 4) is 5.95 Å². The Morgan fingerprint density at radius 3 is 2.59 bits per heavy atom. The van der Waals surface area contributed by atoms with Crippen LogP contribution in [0.5, 0.6) is 0 Å². The van der Waals surface area contributed by atoms with Crippen LogP contribution in [0.15, 0.2) is 43.2 Å². The monoisotopic (exact) mass is 298 g/mol. The predicted octanol–water partition coefficient (Wildman–Crippen LogP) is 1.76. The van der Waals surface area contributed by atoms with Gasteiger partial charge in [0.15, 0.2) is 0 Å². The quantitative estimate of drug-likeness (QED) is 0.796. The number of nitrogens with zero attached hydrogens (tertiary/aromatic N) is 5. The van der Waals surface area contributed by atoms with E-state index < -0.39 is 11.7 Å². The molecule has 0 aromatic carbocycles. The van der Waals surface area contributed by atoms with E-state index >= 15 is 0 Å². The van der Waals surface area contributed by atoms with E-state index in [2.05, 4.69) is 25.3 Å². The summed E-state index contributed by atoms with van der Waals surface area (Å²) in [7, 11) is 0. The van der Waals surface area contributed by atoms with E-state index in [0.29, 0.717) is 11.6 Å². The number of carbonyl (C=O) groups is 1. The Morgan fingerprint density at radius 1 is 1.18 bits per heavy atom. The van der Waals surface area contributed by atoms with Crippen LogP contribution in [0.4, 0.5) is 10.1 Å². The Bertz CT molecular complexity index is 814. The molecule has 1 amide bonds. The third kappa shape index (κ3) is 2.80. The summed E-state index contributed by atoms with van der Waals surface area (Å²) in [5.41, 5.74) is 0.519. The van der Waals surface area contributed by atoms with Gasteiger partial charge in [-0.05, 0) is 13.0 Å². The first-order valence-corrected chi connectivity index (χ1v) is 6.38. The van der Waals surface area contributed by atoms with E-state index in [0.717, 1.165) is 18.1 Å². The SMILES string of the molecule is Cc1nccn1-c1ncc(NC(=O)c2cncc(F)c2)cn1. The molecule has 8 heteroatoms. The average molecular weight is 298 g/mol. The van der Waals surface area contributed by atoms with E-state index in [9.17, 15) is 9.18 Å². The fourth-order valence-corrected chi connectivity index (χ4v) is 1.84. The van der Waals surface area contributed by atoms with Gasteiger partial charge in [-0.1, -0.05) is 0 Å². The zero-order valence-corrected chi connectivity index (χ0v) is 11.6. The van der Waals surface area contributed by atoms with Crippen molar-refractivity contribution in [2.45, 2.75) is 6.92 Å². The van der Waals surface area contributed by atoms with Gasteiger partial charge in [-0.3, -0.25) is 14.3 Å². The number of halogens is 1. The Morgan fingerprint density at radius 2 is 1.95 bits per heavy atom. The lowest BCUT2D eigenvalue weighted by Gasteiger charge is -2.06. The zero-order chi connectivity index (χ0) is 15.5. The molecule has 0 spiro atoms. The highest BCUT2D eigenvalue weighted by molar-refractivity contribution is 6.03. The molecular formula is C14H11FN6O. The summed E-state index contributed by atoms with van der Waals surface area (Å²) in [6.07, 6.45) is 8.62. The largest absolute Gasteiger partial charge is 0.319 e. The Labute approximate surface area is 124 Å². The van der Waals surface area contributed by atoms with E-state index in [1.54, 1.807) is 17.0 Å². The maximum atomic E-state index is 13.0. The number of amides is 1.